The topological polar surface area (TPSA) is 88.4 Å². The third-order valence-corrected chi connectivity index (χ3v) is 7.16. The van der Waals surface area contributed by atoms with Crippen LogP contribution in [0.5, 0.6) is 0 Å². The Balaban J connectivity index is 1.67. The van der Waals surface area contributed by atoms with Crippen molar-refractivity contribution in [3.05, 3.63) is 48.1 Å². The maximum Gasteiger partial charge on any atom is 0.246 e. The Kier molecular flexibility index (Phi) is 6.72. The number of likely N-dealkylation sites (tertiary alicyclic amines) is 1. The van der Waals surface area contributed by atoms with Crippen molar-refractivity contribution in [3.8, 4) is 0 Å². The van der Waals surface area contributed by atoms with Gasteiger partial charge in [0.25, 0.3) is 0 Å². The Labute approximate surface area is 178 Å². The van der Waals surface area contributed by atoms with Gasteiger partial charge in [0.15, 0.2) is 0 Å². The zero-order chi connectivity index (χ0) is 21.9. The van der Waals surface area contributed by atoms with Crippen molar-refractivity contribution in [1.29, 1.82) is 0 Å². The highest BCUT2D eigenvalue weighted by Crippen LogP contribution is 2.27. The van der Waals surface area contributed by atoms with Gasteiger partial charge in [-0.25, -0.2) is 12.7 Å². The zero-order valence-corrected chi connectivity index (χ0v) is 18.7. The van der Waals surface area contributed by atoms with Crippen molar-refractivity contribution < 1.29 is 13.2 Å². The van der Waals surface area contributed by atoms with E-state index in [9.17, 15) is 13.2 Å². The summed E-state index contributed by atoms with van der Waals surface area (Å²) in [5.41, 5.74) is 0.772. The maximum absolute atomic E-state index is 12.7. The lowest BCUT2D eigenvalue weighted by molar-refractivity contribution is -0.127. The van der Waals surface area contributed by atoms with E-state index in [1.807, 2.05) is 4.90 Å². The van der Waals surface area contributed by atoms with Crippen LogP contribution in [0.25, 0.3) is 6.08 Å². The average Bonchev–Trinajstić information content (AvgIpc) is 3.22. The molecule has 1 aromatic carbocycles. The van der Waals surface area contributed by atoms with E-state index < -0.39 is 10.0 Å². The average molecular weight is 432 g/mol. The highest BCUT2D eigenvalue weighted by Gasteiger charge is 2.27. The lowest BCUT2D eigenvalue weighted by atomic mass is 9.96. The van der Waals surface area contributed by atoms with Crippen molar-refractivity contribution in [2.45, 2.75) is 43.5 Å². The SMILES string of the molecule is CC(C)n1cnnc1C1CCCN(C(=O)/C=C/c2ccc(S(=O)(=O)N(C)C)cc2)C1. The van der Waals surface area contributed by atoms with Gasteiger partial charge in [-0.05, 0) is 50.5 Å². The van der Waals surface area contributed by atoms with Crippen molar-refractivity contribution in [2.75, 3.05) is 27.2 Å². The predicted molar refractivity (Wildman–Crippen MR) is 115 cm³/mol. The summed E-state index contributed by atoms with van der Waals surface area (Å²) < 4.78 is 27.5. The normalized spacial score (nSPS) is 17.9. The van der Waals surface area contributed by atoms with Gasteiger partial charge in [-0.3, -0.25) is 4.79 Å². The summed E-state index contributed by atoms with van der Waals surface area (Å²) in [5.74, 6) is 1.06. The van der Waals surface area contributed by atoms with Crippen molar-refractivity contribution in [3.63, 3.8) is 0 Å². The minimum absolute atomic E-state index is 0.0553. The molecule has 0 N–H and O–H groups in total. The highest BCUT2D eigenvalue weighted by molar-refractivity contribution is 7.89. The lowest BCUT2D eigenvalue weighted by Crippen LogP contribution is -2.39. The molecule has 2 heterocycles. The van der Waals surface area contributed by atoms with Crippen molar-refractivity contribution in [2.24, 2.45) is 0 Å². The molecule has 1 amide bonds. The summed E-state index contributed by atoms with van der Waals surface area (Å²) >= 11 is 0. The van der Waals surface area contributed by atoms with Gasteiger partial charge in [0.05, 0.1) is 4.90 Å². The third kappa shape index (κ3) is 4.79. The molecule has 1 aliphatic rings. The molecule has 9 heteroatoms. The van der Waals surface area contributed by atoms with Crippen LogP contribution in [0.1, 0.15) is 50.0 Å². The molecule has 162 valence electrons. The van der Waals surface area contributed by atoms with Crippen LogP contribution >= 0.6 is 0 Å². The zero-order valence-electron chi connectivity index (χ0n) is 17.9. The molecule has 1 fully saturated rings. The standard InChI is InChI=1S/C21H29N5O3S/c1-16(2)26-15-22-23-21(26)18-6-5-13-25(14-18)20(27)12-9-17-7-10-19(11-8-17)30(28,29)24(3)4/h7-12,15-16,18H,5-6,13-14H2,1-4H3/b12-9+. The van der Waals surface area contributed by atoms with Crippen LogP contribution in [0.15, 0.2) is 41.6 Å². The molecule has 1 atom stereocenters. The number of aromatic nitrogens is 3. The van der Waals surface area contributed by atoms with E-state index in [2.05, 4.69) is 28.6 Å². The fourth-order valence-corrected chi connectivity index (χ4v) is 4.47. The van der Waals surface area contributed by atoms with Crippen molar-refractivity contribution >= 4 is 22.0 Å². The van der Waals surface area contributed by atoms with Gasteiger partial charge in [-0.2, -0.15) is 0 Å². The summed E-state index contributed by atoms with van der Waals surface area (Å²) in [5, 5.41) is 8.34. The van der Waals surface area contributed by atoms with E-state index in [1.54, 1.807) is 42.7 Å². The van der Waals surface area contributed by atoms with Gasteiger partial charge in [-0.15, -0.1) is 10.2 Å². The minimum Gasteiger partial charge on any atom is -0.338 e. The van der Waals surface area contributed by atoms with Gasteiger partial charge in [-0.1, -0.05) is 12.1 Å². The smallest absolute Gasteiger partial charge is 0.246 e. The fourth-order valence-electron chi connectivity index (χ4n) is 3.56. The number of benzene rings is 1. The first-order chi connectivity index (χ1) is 14.2. The van der Waals surface area contributed by atoms with E-state index in [0.717, 1.165) is 30.8 Å². The van der Waals surface area contributed by atoms with Gasteiger partial charge >= 0.3 is 0 Å². The number of carbonyl (C=O) groups is 1. The fraction of sp³-hybridized carbons (Fsp3) is 0.476. The first kappa shape index (κ1) is 22.2. The Morgan fingerprint density at radius 3 is 2.57 bits per heavy atom. The number of hydrogen-bond acceptors (Lipinski definition) is 5. The largest absolute Gasteiger partial charge is 0.338 e. The first-order valence-corrected chi connectivity index (χ1v) is 11.5. The molecular formula is C21H29N5O3S. The van der Waals surface area contributed by atoms with Gasteiger partial charge in [0.1, 0.15) is 12.2 Å². The van der Waals surface area contributed by atoms with Crippen LogP contribution < -0.4 is 0 Å². The van der Waals surface area contributed by atoms with Crippen molar-refractivity contribution in [1.82, 2.24) is 24.0 Å². The van der Waals surface area contributed by atoms with E-state index in [1.165, 1.54) is 18.4 Å². The molecule has 0 aliphatic carbocycles. The number of rotatable bonds is 6. The third-order valence-electron chi connectivity index (χ3n) is 5.33. The van der Waals surface area contributed by atoms with Crippen LogP contribution in [-0.2, 0) is 14.8 Å². The van der Waals surface area contributed by atoms with Gasteiger partial charge in [0.2, 0.25) is 15.9 Å². The number of sulfonamides is 1. The number of nitrogens with zero attached hydrogens (tertiary/aromatic N) is 5. The van der Waals surface area contributed by atoms with Gasteiger partial charge in [0, 0.05) is 45.2 Å². The van der Waals surface area contributed by atoms with Crippen LogP contribution in [0, 0.1) is 0 Å². The Hall–Kier alpha value is -2.52. The number of hydrogen-bond donors (Lipinski definition) is 0. The lowest BCUT2D eigenvalue weighted by Gasteiger charge is -2.32. The van der Waals surface area contributed by atoms with E-state index >= 15 is 0 Å². The molecule has 1 unspecified atom stereocenters. The van der Waals surface area contributed by atoms with E-state index in [-0.39, 0.29) is 22.8 Å². The summed E-state index contributed by atoms with van der Waals surface area (Å²) in [6, 6.07) is 6.78. The molecule has 0 bridgehead atoms. The summed E-state index contributed by atoms with van der Waals surface area (Å²) in [7, 11) is -0.464. The minimum atomic E-state index is -3.46. The second kappa shape index (κ2) is 9.09. The summed E-state index contributed by atoms with van der Waals surface area (Å²) in [6.45, 7) is 5.52. The highest BCUT2D eigenvalue weighted by atomic mass is 32.2. The molecular weight excluding hydrogens is 402 g/mol. The Morgan fingerprint density at radius 2 is 1.93 bits per heavy atom. The number of amides is 1. The monoisotopic (exact) mass is 431 g/mol. The predicted octanol–water partition coefficient (Wildman–Crippen LogP) is 2.53. The molecule has 0 radical (unpaired) electrons. The van der Waals surface area contributed by atoms with Crippen LogP contribution in [0.3, 0.4) is 0 Å². The number of piperidine rings is 1. The summed E-state index contributed by atoms with van der Waals surface area (Å²) in [4.78, 5) is 14.8. The maximum atomic E-state index is 12.7. The molecule has 1 aromatic heterocycles. The molecule has 2 aromatic rings. The Morgan fingerprint density at radius 1 is 1.23 bits per heavy atom. The summed E-state index contributed by atoms with van der Waals surface area (Å²) in [6.07, 6.45) is 6.92. The first-order valence-electron chi connectivity index (χ1n) is 10.1. The number of carbonyl (C=O) groups excluding carboxylic acids is 1. The quantitative estimate of drug-likeness (QED) is 0.656. The molecule has 1 saturated heterocycles. The molecule has 0 saturated carbocycles. The molecule has 3 rings (SSSR count). The van der Waals surface area contributed by atoms with E-state index in [0.29, 0.717) is 6.54 Å². The van der Waals surface area contributed by atoms with E-state index in [4.69, 9.17) is 0 Å². The second-order valence-electron chi connectivity index (χ2n) is 8.00. The second-order valence-corrected chi connectivity index (χ2v) is 10.2. The van der Waals surface area contributed by atoms with Crippen LogP contribution in [0.2, 0.25) is 0 Å². The Bertz CT molecular complexity index is 1010. The van der Waals surface area contributed by atoms with Crippen LogP contribution in [0.4, 0.5) is 0 Å². The van der Waals surface area contributed by atoms with Gasteiger partial charge < -0.3 is 9.47 Å². The molecule has 0 spiro atoms. The van der Waals surface area contributed by atoms with Crippen LogP contribution in [-0.4, -0.2) is 65.5 Å². The molecule has 8 nitrogen and oxygen atoms in total. The molecule has 1 aliphatic heterocycles. The molecule has 30 heavy (non-hydrogen) atoms.